The maximum atomic E-state index is 16.9. The van der Waals surface area contributed by atoms with E-state index >= 15 is 4.39 Å². The van der Waals surface area contributed by atoms with Crippen LogP contribution in [0.1, 0.15) is 39.0 Å². The second-order valence-corrected chi connectivity index (χ2v) is 13.8. The number of hydrogen-bond donors (Lipinski definition) is 2. The number of fused-ring (bicyclic) bond motifs is 7. The van der Waals surface area contributed by atoms with Crippen molar-refractivity contribution in [3.05, 3.63) is 29.4 Å². The van der Waals surface area contributed by atoms with Crippen molar-refractivity contribution in [2.45, 2.75) is 75.0 Å². The standard InChI is InChI=1S/C31H33F2N7O2S/c1-15-26-21-4-3-19(35-21)13-40(26)28-22-25(37-30(38-28)41-14-31-6-2-7-39(31)12-17(32)11-31)23(33)24(36-29(22)42-15)20-10-18(34)9-16-5-8-43-27(16)20/h5,8-10,15,17,19,21,26,35H,2-4,6-7,11-14,34H2,1H3/t15-,17+,19+,21-,26+,31-/m0/s1. The van der Waals surface area contributed by atoms with Crippen molar-refractivity contribution in [1.82, 2.24) is 25.2 Å². The van der Waals surface area contributed by atoms with Gasteiger partial charge >= 0.3 is 6.01 Å². The molecule has 9 nitrogen and oxygen atoms in total. The predicted octanol–water partition coefficient (Wildman–Crippen LogP) is 4.67. The van der Waals surface area contributed by atoms with Gasteiger partial charge in [-0.15, -0.1) is 11.3 Å². The third-order valence-corrected chi connectivity index (χ3v) is 11.3. The Labute approximate surface area is 251 Å². The van der Waals surface area contributed by atoms with E-state index in [1.165, 1.54) is 11.3 Å². The van der Waals surface area contributed by atoms with E-state index < -0.39 is 12.0 Å². The third kappa shape index (κ3) is 3.88. The summed E-state index contributed by atoms with van der Waals surface area (Å²) in [4.78, 5) is 18.9. The smallest absolute Gasteiger partial charge is 0.319 e. The van der Waals surface area contributed by atoms with E-state index in [0.717, 1.165) is 48.9 Å². The molecule has 43 heavy (non-hydrogen) atoms. The zero-order valence-electron chi connectivity index (χ0n) is 23.9. The van der Waals surface area contributed by atoms with E-state index in [4.69, 9.17) is 30.2 Å². The number of hydrogen-bond acceptors (Lipinski definition) is 10. The van der Waals surface area contributed by atoms with Crippen molar-refractivity contribution >= 4 is 43.8 Å². The van der Waals surface area contributed by atoms with E-state index in [2.05, 4.69) is 15.1 Å². The Balaban J connectivity index is 1.23. The van der Waals surface area contributed by atoms with Crippen LogP contribution in [0.15, 0.2) is 23.6 Å². The Morgan fingerprint density at radius 2 is 2.14 bits per heavy atom. The molecule has 2 bridgehead atoms. The molecule has 4 saturated heterocycles. The van der Waals surface area contributed by atoms with Gasteiger partial charge in [0.1, 0.15) is 41.3 Å². The normalized spacial score (nSPS) is 31.3. The molecule has 5 aliphatic rings. The summed E-state index contributed by atoms with van der Waals surface area (Å²) in [6, 6.07) is 6.21. The van der Waals surface area contributed by atoms with Crippen molar-refractivity contribution in [3.63, 3.8) is 0 Å². The van der Waals surface area contributed by atoms with Gasteiger partial charge in [0.05, 0.1) is 11.6 Å². The summed E-state index contributed by atoms with van der Waals surface area (Å²) >= 11 is 1.51. The predicted molar refractivity (Wildman–Crippen MR) is 162 cm³/mol. The molecule has 4 fully saturated rings. The highest BCUT2D eigenvalue weighted by atomic mass is 32.1. The van der Waals surface area contributed by atoms with Gasteiger partial charge in [0.15, 0.2) is 5.82 Å². The highest BCUT2D eigenvalue weighted by Crippen LogP contribution is 2.46. The topological polar surface area (TPSA) is 102 Å². The second kappa shape index (κ2) is 9.33. The van der Waals surface area contributed by atoms with Gasteiger partial charge in [-0.3, -0.25) is 4.90 Å². The van der Waals surface area contributed by atoms with Crippen molar-refractivity contribution in [2.75, 3.05) is 36.9 Å². The number of anilines is 2. The molecular weight excluding hydrogens is 572 g/mol. The van der Waals surface area contributed by atoms with E-state index in [1.807, 2.05) is 24.4 Å². The largest absolute Gasteiger partial charge is 0.472 e. The Hall–Kier alpha value is -3.35. The molecule has 4 aromatic rings. The number of halogens is 2. The van der Waals surface area contributed by atoms with Crippen LogP contribution in [0.2, 0.25) is 0 Å². The average molecular weight is 606 g/mol. The maximum absolute atomic E-state index is 16.9. The monoisotopic (exact) mass is 605 g/mol. The molecular formula is C31H33F2N7O2S. The van der Waals surface area contributed by atoms with Crippen LogP contribution in [0.4, 0.5) is 20.3 Å². The summed E-state index contributed by atoms with van der Waals surface area (Å²) in [5.74, 6) is 0.338. The SMILES string of the molecule is C[C@@H]1Oc2nc(-c3cc(N)cc4ccsc34)c(F)c3nc(OC[C@@]45CCCN4C[C@H](F)C5)nc(c23)N2C[C@H]3CC[C@H](N3)[C@@H]12. The van der Waals surface area contributed by atoms with Crippen LogP contribution in [-0.2, 0) is 0 Å². The van der Waals surface area contributed by atoms with E-state index in [1.54, 1.807) is 6.07 Å². The minimum absolute atomic E-state index is 0.0205. The van der Waals surface area contributed by atoms with Crippen molar-refractivity contribution < 1.29 is 18.3 Å². The second-order valence-electron chi connectivity index (χ2n) is 12.9. The Morgan fingerprint density at radius 1 is 1.23 bits per heavy atom. The number of rotatable bonds is 4. The molecule has 0 spiro atoms. The van der Waals surface area contributed by atoms with Gasteiger partial charge in [0.2, 0.25) is 5.88 Å². The molecule has 5 aliphatic heterocycles. The maximum Gasteiger partial charge on any atom is 0.319 e. The van der Waals surface area contributed by atoms with Crippen molar-refractivity contribution in [1.29, 1.82) is 0 Å². The van der Waals surface area contributed by atoms with Crippen LogP contribution in [0, 0.1) is 5.82 Å². The fraction of sp³-hybridized carbons (Fsp3) is 0.516. The first kappa shape index (κ1) is 26.1. The summed E-state index contributed by atoms with van der Waals surface area (Å²) in [5, 5.41) is 7.09. The number of benzene rings is 1. The Morgan fingerprint density at radius 3 is 3.05 bits per heavy atom. The first-order valence-corrected chi connectivity index (χ1v) is 16.1. The zero-order valence-corrected chi connectivity index (χ0v) is 24.7. The van der Waals surface area contributed by atoms with E-state index in [-0.39, 0.29) is 47.6 Å². The fourth-order valence-electron chi connectivity index (χ4n) is 8.46. The molecule has 3 N–H and O–H groups in total. The van der Waals surface area contributed by atoms with Crippen molar-refractivity contribution in [2.24, 2.45) is 0 Å². The van der Waals surface area contributed by atoms with Gasteiger partial charge < -0.3 is 25.4 Å². The lowest BCUT2D eigenvalue weighted by Crippen LogP contribution is -2.62. The Kier molecular flexibility index (Phi) is 5.66. The van der Waals surface area contributed by atoms with Gasteiger partial charge in [-0.25, -0.2) is 13.8 Å². The van der Waals surface area contributed by atoms with Gasteiger partial charge in [0.25, 0.3) is 0 Å². The lowest BCUT2D eigenvalue weighted by Gasteiger charge is -2.42. The van der Waals surface area contributed by atoms with Gasteiger partial charge in [0, 0.05) is 47.5 Å². The quantitative estimate of drug-likeness (QED) is 0.321. The highest BCUT2D eigenvalue weighted by molar-refractivity contribution is 7.17. The molecule has 8 heterocycles. The Bertz CT molecular complexity index is 1790. The van der Waals surface area contributed by atoms with Crippen LogP contribution < -0.4 is 25.4 Å². The number of aromatic nitrogens is 3. The summed E-state index contributed by atoms with van der Waals surface area (Å²) in [6.45, 7) is 4.32. The molecule has 224 valence electrons. The highest BCUT2D eigenvalue weighted by Gasteiger charge is 2.50. The molecule has 9 rings (SSSR count). The summed E-state index contributed by atoms with van der Waals surface area (Å²) in [6.07, 6.45) is 3.28. The molecule has 3 aromatic heterocycles. The molecule has 12 heteroatoms. The molecule has 6 atom stereocenters. The summed E-state index contributed by atoms with van der Waals surface area (Å²) < 4.78 is 45.2. The number of nitrogen functional groups attached to an aromatic ring is 1. The number of thiophene rings is 1. The van der Waals surface area contributed by atoms with Crippen LogP contribution in [-0.4, -0.2) is 82.0 Å². The van der Waals surface area contributed by atoms with Gasteiger partial charge in [-0.1, -0.05) is 0 Å². The number of nitrogens with one attached hydrogen (secondary N) is 1. The third-order valence-electron chi connectivity index (χ3n) is 10.3. The molecule has 0 aliphatic carbocycles. The van der Waals surface area contributed by atoms with Crippen LogP contribution in [0.3, 0.4) is 0 Å². The number of nitrogens with zero attached hydrogens (tertiary/aromatic N) is 5. The zero-order chi connectivity index (χ0) is 29.0. The van der Waals surface area contributed by atoms with E-state index in [0.29, 0.717) is 47.3 Å². The van der Waals surface area contributed by atoms with Crippen LogP contribution >= 0.6 is 11.3 Å². The molecule has 0 radical (unpaired) electrons. The van der Waals surface area contributed by atoms with Crippen LogP contribution in [0.5, 0.6) is 11.9 Å². The molecule has 0 unspecified atom stereocenters. The molecule has 0 saturated carbocycles. The number of alkyl halides is 1. The number of nitrogens with two attached hydrogens (primary N) is 1. The number of pyridine rings is 1. The molecule has 0 amide bonds. The van der Waals surface area contributed by atoms with Gasteiger partial charge in [-0.2, -0.15) is 9.97 Å². The minimum atomic E-state index is -0.872. The minimum Gasteiger partial charge on any atom is -0.472 e. The van der Waals surface area contributed by atoms with Gasteiger partial charge in [-0.05, 0) is 68.1 Å². The van der Waals surface area contributed by atoms with Crippen LogP contribution in [0.25, 0.3) is 32.2 Å². The number of piperazine rings is 1. The lowest BCUT2D eigenvalue weighted by atomic mass is 9.95. The van der Waals surface area contributed by atoms with E-state index in [9.17, 15) is 4.39 Å². The average Bonchev–Trinajstić information content (AvgIpc) is 3.74. The fourth-order valence-corrected chi connectivity index (χ4v) is 9.36. The lowest BCUT2D eigenvalue weighted by molar-refractivity contribution is 0.107. The van der Waals surface area contributed by atoms with Crippen molar-refractivity contribution in [3.8, 4) is 23.1 Å². The molecule has 1 aromatic carbocycles. The number of ether oxygens (including phenoxy) is 2. The first-order chi connectivity index (χ1) is 20.9. The summed E-state index contributed by atoms with van der Waals surface area (Å²) in [7, 11) is 0. The summed E-state index contributed by atoms with van der Waals surface area (Å²) in [5.41, 5.74) is 7.26. The first-order valence-electron chi connectivity index (χ1n) is 15.3.